The van der Waals surface area contributed by atoms with Crippen LogP contribution in [0, 0.1) is 6.92 Å². The number of urea groups is 1. The predicted molar refractivity (Wildman–Crippen MR) is 114 cm³/mol. The molecule has 3 amide bonds. The third kappa shape index (κ3) is 4.93. The van der Waals surface area contributed by atoms with E-state index in [1.807, 2.05) is 29.7 Å². The van der Waals surface area contributed by atoms with Gasteiger partial charge in [0.25, 0.3) is 0 Å². The molecule has 9 nitrogen and oxygen atoms in total. The summed E-state index contributed by atoms with van der Waals surface area (Å²) in [6.07, 6.45) is 1.94. The zero-order valence-electron chi connectivity index (χ0n) is 17.1. The Kier molecular flexibility index (Phi) is 6.24. The summed E-state index contributed by atoms with van der Waals surface area (Å²) in [5.41, 5.74) is 2.05. The maximum Gasteiger partial charge on any atom is 0.321 e. The molecule has 1 aliphatic heterocycles. The van der Waals surface area contributed by atoms with Crippen molar-refractivity contribution in [3.05, 3.63) is 29.8 Å². The molecule has 0 bridgehead atoms. The summed E-state index contributed by atoms with van der Waals surface area (Å²) in [6, 6.07) is 7.83. The van der Waals surface area contributed by atoms with Crippen molar-refractivity contribution in [1.82, 2.24) is 25.4 Å². The molecule has 160 valence electrons. The highest BCUT2D eigenvalue weighted by molar-refractivity contribution is 8.00. The minimum absolute atomic E-state index is 0.196. The van der Waals surface area contributed by atoms with Crippen molar-refractivity contribution in [2.24, 2.45) is 0 Å². The highest BCUT2D eigenvalue weighted by Gasteiger charge is 2.27. The van der Waals surface area contributed by atoms with E-state index in [-0.39, 0.29) is 11.9 Å². The Hall–Kier alpha value is -2.59. The van der Waals surface area contributed by atoms with Crippen molar-refractivity contribution in [3.8, 4) is 5.69 Å². The molecular formula is C20H26N6O3S. The Morgan fingerprint density at radius 2 is 2.00 bits per heavy atom. The molecule has 0 spiro atoms. The van der Waals surface area contributed by atoms with Gasteiger partial charge in [-0.15, -0.1) is 10.2 Å². The Balaban J connectivity index is 1.55. The van der Waals surface area contributed by atoms with Gasteiger partial charge in [-0.05, 0) is 44.4 Å². The van der Waals surface area contributed by atoms with E-state index in [1.54, 1.807) is 6.92 Å². The van der Waals surface area contributed by atoms with Crippen LogP contribution in [0.25, 0.3) is 5.69 Å². The lowest BCUT2D eigenvalue weighted by molar-refractivity contribution is -0.119. The van der Waals surface area contributed by atoms with Crippen LogP contribution in [-0.2, 0) is 9.53 Å². The number of benzene rings is 1. The van der Waals surface area contributed by atoms with Crippen LogP contribution in [0.5, 0.6) is 0 Å². The Bertz CT molecular complexity index is 923. The van der Waals surface area contributed by atoms with Crippen LogP contribution in [0.4, 0.5) is 10.7 Å². The number of amides is 3. The monoisotopic (exact) mass is 430 g/mol. The first-order valence-corrected chi connectivity index (χ1v) is 11.0. The minimum Gasteiger partial charge on any atom is -0.378 e. The molecule has 1 saturated carbocycles. The maximum absolute atomic E-state index is 12.5. The van der Waals surface area contributed by atoms with E-state index in [9.17, 15) is 9.59 Å². The molecule has 1 saturated heterocycles. The highest BCUT2D eigenvalue weighted by Crippen LogP contribution is 2.30. The second-order valence-corrected chi connectivity index (χ2v) is 8.86. The Labute approximate surface area is 179 Å². The molecule has 2 aliphatic rings. The number of imide groups is 1. The molecule has 1 aromatic heterocycles. The second-order valence-electron chi connectivity index (χ2n) is 7.55. The number of nitrogens with one attached hydrogen (secondary N) is 2. The number of aromatic nitrogens is 3. The van der Waals surface area contributed by atoms with Crippen LogP contribution >= 0.6 is 11.8 Å². The molecule has 2 heterocycles. The molecule has 2 fully saturated rings. The normalized spacial score (nSPS) is 17.5. The molecular weight excluding hydrogens is 404 g/mol. The minimum atomic E-state index is -0.514. The number of anilines is 1. The topological polar surface area (TPSA) is 101 Å². The molecule has 1 unspecified atom stereocenters. The van der Waals surface area contributed by atoms with E-state index >= 15 is 0 Å². The summed E-state index contributed by atoms with van der Waals surface area (Å²) in [6.45, 7) is 6.52. The predicted octanol–water partition coefficient (Wildman–Crippen LogP) is 1.88. The van der Waals surface area contributed by atoms with E-state index in [0.717, 1.165) is 43.1 Å². The van der Waals surface area contributed by atoms with Crippen LogP contribution in [0.3, 0.4) is 0 Å². The fraction of sp³-hybridized carbons (Fsp3) is 0.500. The summed E-state index contributed by atoms with van der Waals surface area (Å²) in [4.78, 5) is 26.5. The lowest BCUT2D eigenvalue weighted by Gasteiger charge is -2.28. The lowest BCUT2D eigenvalue weighted by atomic mass is 10.2. The van der Waals surface area contributed by atoms with Crippen molar-refractivity contribution in [3.63, 3.8) is 0 Å². The van der Waals surface area contributed by atoms with Crippen LogP contribution in [0.1, 0.15) is 25.3 Å². The van der Waals surface area contributed by atoms with Gasteiger partial charge in [0.1, 0.15) is 0 Å². The Morgan fingerprint density at radius 1 is 1.23 bits per heavy atom. The quantitative estimate of drug-likeness (QED) is 0.675. The fourth-order valence-corrected chi connectivity index (χ4v) is 4.04. The first-order chi connectivity index (χ1) is 14.5. The molecule has 1 aromatic carbocycles. The fourth-order valence-electron chi connectivity index (χ4n) is 3.17. The molecule has 1 atom stereocenters. The van der Waals surface area contributed by atoms with Gasteiger partial charge in [0.2, 0.25) is 11.9 Å². The van der Waals surface area contributed by atoms with Crippen molar-refractivity contribution in [2.75, 3.05) is 31.2 Å². The van der Waals surface area contributed by atoms with Gasteiger partial charge in [-0.25, -0.2) is 4.79 Å². The van der Waals surface area contributed by atoms with Crippen molar-refractivity contribution < 1.29 is 14.3 Å². The molecule has 0 radical (unpaired) electrons. The van der Waals surface area contributed by atoms with E-state index < -0.39 is 11.3 Å². The first kappa shape index (κ1) is 20.7. The van der Waals surface area contributed by atoms with E-state index in [0.29, 0.717) is 18.4 Å². The number of thioether (sulfide) groups is 1. The number of carbonyl (C=O) groups is 2. The van der Waals surface area contributed by atoms with Gasteiger partial charge in [0.05, 0.1) is 24.2 Å². The van der Waals surface area contributed by atoms with E-state index in [1.165, 1.54) is 11.8 Å². The molecule has 2 aromatic rings. The number of ether oxygens (including phenoxy) is 1. The van der Waals surface area contributed by atoms with Crippen molar-refractivity contribution in [1.29, 1.82) is 0 Å². The van der Waals surface area contributed by atoms with Gasteiger partial charge < -0.3 is 15.0 Å². The van der Waals surface area contributed by atoms with Crippen LogP contribution in [0.15, 0.2) is 29.4 Å². The number of rotatable bonds is 6. The molecule has 10 heteroatoms. The summed E-state index contributed by atoms with van der Waals surface area (Å²) in [5, 5.41) is 14.1. The molecule has 2 N–H and O–H groups in total. The number of hydrogen-bond acceptors (Lipinski definition) is 7. The van der Waals surface area contributed by atoms with E-state index in [4.69, 9.17) is 4.74 Å². The van der Waals surface area contributed by atoms with Crippen LogP contribution in [0.2, 0.25) is 0 Å². The van der Waals surface area contributed by atoms with Gasteiger partial charge >= 0.3 is 6.03 Å². The summed E-state index contributed by atoms with van der Waals surface area (Å²) < 4.78 is 7.43. The van der Waals surface area contributed by atoms with Crippen molar-refractivity contribution >= 4 is 29.6 Å². The summed E-state index contributed by atoms with van der Waals surface area (Å²) in [5.74, 6) is 0.371. The largest absolute Gasteiger partial charge is 0.378 e. The molecule has 1 aliphatic carbocycles. The summed E-state index contributed by atoms with van der Waals surface area (Å²) in [7, 11) is 0. The first-order valence-electron chi connectivity index (χ1n) is 10.1. The summed E-state index contributed by atoms with van der Waals surface area (Å²) >= 11 is 1.28. The SMILES string of the molecule is Cc1cccc(-n2c(SC(C)C(=O)NC(=O)NC3CC3)nnc2N2CCOCC2)c1. The Morgan fingerprint density at radius 3 is 2.70 bits per heavy atom. The third-order valence-corrected chi connectivity index (χ3v) is 6.01. The lowest BCUT2D eigenvalue weighted by Crippen LogP contribution is -2.43. The van der Waals surface area contributed by atoms with Gasteiger partial charge in [-0.1, -0.05) is 23.9 Å². The molecule has 4 rings (SSSR count). The number of nitrogens with zero attached hydrogens (tertiary/aromatic N) is 4. The number of hydrogen-bond donors (Lipinski definition) is 2. The zero-order valence-corrected chi connectivity index (χ0v) is 17.9. The van der Waals surface area contributed by atoms with Gasteiger partial charge in [-0.2, -0.15) is 0 Å². The number of aryl methyl sites for hydroxylation is 1. The van der Waals surface area contributed by atoms with Gasteiger partial charge in [0.15, 0.2) is 5.16 Å². The standard InChI is InChI=1S/C20H26N6O3S/c1-13-4-3-5-16(12-13)26-19(25-8-10-29-11-9-25)23-24-20(26)30-14(2)17(27)22-18(28)21-15-6-7-15/h3-5,12,14-15H,6-11H2,1-2H3,(H2,21,22,27,28). The number of morpholine rings is 1. The van der Waals surface area contributed by atoms with Gasteiger partial charge in [-0.3, -0.25) is 14.7 Å². The van der Waals surface area contributed by atoms with Crippen molar-refractivity contribution in [2.45, 2.75) is 43.1 Å². The second kappa shape index (κ2) is 9.05. The van der Waals surface area contributed by atoms with Gasteiger partial charge in [0, 0.05) is 19.1 Å². The molecule has 30 heavy (non-hydrogen) atoms. The van der Waals surface area contributed by atoms with Crippen LogP contribution < -0.4 is 15.5 Å². The average molecular weight is 431 g/mol. The maximum atomic E-state index is 12.5. The van der Waals surface area contributed by atoms with Crippen LogP contribution in [-0.4, -0.2) is 64.3 Å². The smallest absolute Gasteiger partial charge is 0.321 e. The zero-order chi connectivity index (χ0) is 21.1. The average Bonchev–Trinajstić information content (AvgIpc) is 3.44. The highest BCUT2D eigenvalue weighted by atomic mass is 32.2. The number of carbonyl (C=O) groups excluding carboxylic acids is 2. The van der Waals surface area contributed by atoms with E-state index in [2.05, 4.69) is 31.8 Å². The third-order valence-electron chi connectivity index (χ3n) is 4.97.